The van der Waals surface area contributed by atoms with Gasteiger partial charge in [0.1, 0.15) is 0 Å². The number of nitrogens with zero attached hydrogens (tertiary/aromatic N) is 1. The molecule has 0 aliphatic heterocycles. The average Bonchev–Trinajstić information content (AvgIpc) is 2.64. The molecule has 7 heteroatoms. The highest BCUT2D eigenvalue weighted by atomic mass is 127. The summed E-state index contributed by atoms with van der Waals surface area (Å²) in [5.41, 5.74) is 0.944. The number of unbranched alkanes of at least 4 members (excludes halogenated alkanes) is 1. The lowest BCUT2D eigenvalue weighted by Crippen LogP contribution is -2.38. The van der Waals surface area contributed by atoms with Gasteiger partial charge in [0.05, 0.1) is 19.3 Å². The Morgan fingerprint density at radius 1 is 1.12 bits per heavy atom. The van der Waals surface area contributed by atoms with Crippen LogP contribution in [0.15, 0.2) is 35.3 Å². The smallest absolute Gasteiger partial charge is 0.191 e. The van der Waals surface area contributed by atoms with E-state index in [1.807, 2.05) is 37.3 Å². The van der Waals surface area contributed by atoms with Crippen molar-refractivity contribution in [3.63, 3.8) is 0 Å². The van der Waals surface area contributed by atoms with Gasteiger partial charge in [-0.05, 0) is 31.7 Å². The summed E-state index contributed by atoms with van der Waals surface area (Å²) >= 11 is 0. The number of benzene rings is 1. The molecule has 0 aliphatic carbocycles. The minimum absolute atomic E-state index is 0. The van der Waals surface area contributed by atoms with Gasteiger partial charge in [0.15, 0.2) is 5.96 Å². The van der Waals surface area contributed by atoms with Crippen molar-refractivity contribution >= 4 is 29.9 Å². The zero-order valence-electron chi connectivity index (χ0n) is 15.9. The van der Waals surface area contributed by atoms with Crippen LogP contribution in [0.25, 0.3) is 0 Å². The van der Waals surface area contributed by atoms with Gasteiger partial charge in [-0.15, -0.1) is 24.0 Å². The van der Waals surface area contributed by atoms with Gasteiger partial charge in [0, 0.05) is 33.4 Å². The summed E-state index contributed by atoms with van der Waals surface area (Å²) in [4.78, 5) is 4.55. The second-order valence-corrected chi connectivity index (χ2v) is 5.71. The molecule has 1 aromatic carbocycles. The van der Waals surface area contributed by atoms with Gasteiger partial charge in [-0.3, -0.25) is 4.99 Å². The minimum atomic E-state index is -0.458. The Bertz CT molecular complexity index is 461. The largest absolute Gasteiger partial charge is 0.388 e. The molecular formula is C19H34IN3O3. The van der Waals surface area contributed by atoms with Crippen molar-refractivity contribution in [1.29, 1.82) is 0 Å². The second kappa shape index (κ2) is 17.5. The molecule has 0 heterocycles. The summed E-state index contributed by atoms with van der Waals surface area (Å²) in [6, 6.07) is 9.72. The van der Waals surface area contributed by atoms with E-state index in [4.69, 9.17) is 9.47 Å². The van der Waals surface area contributed by atoms with Crippen molar-refractivity contribution in [2.45, 2.75) is 32.3 Å². The van der Waals surface area contributed by atoms with Crippen LogP contribution >= 0.6 is 24.0 Å². The van der Waals surface area contributed by atoms with Gasteiger partial charge in [-0.2, -0.15) is 0 Å². The van der Waals surface area contributed by atoms with Gasteiger partial charge < -0.3 is 25.2 Å². The van der Waals surface area contributed by atoms with Crippen molar-refractivity contribution in [3.05, 3.63) is 35.9 Å². The molecule has 0 saturated heterocycles. The number of hydrogen-bond donors (Lipinski definition) is 3. The summed E-state index contributed by atoms with van der Waals surface area (Å²) in [6.45, 7) is 6.31. The Kier molecular flexibility index (Phi) is 16.9. The number of methoxy groups -OCH3 is 1. The molecule has 0 amide bonds. The number of rotatable bonds is 13. The zero-order valence-corrected chi connectivity index (χ0v) is 18.3. The highest BCUT2D eigenvalue weighted by Gasteiger charge is 2.06. The molecule has 3 N–H and O–H groups in total. The van der Waals surface area contributed by atoms with E-state index in [1.165, 1.54) is 0 Å². The third-order valence-electron chi connectivity index (χ3n) is 3.64. The Labute approximate surface area is 174 Å². The van der Waals surface area contributed by atoms with Crippen LogP contribution in [-0.4, -0.2) is 57.6 Å². The zero-order chi connectivity index (χ0) is 18.2. The van der Waals surface area contributed by atoms with E-state index in [9.17, 15) is 5.11 Å². The molecular weight excluding hydrogens is 445 g/mol. The topological polar surface area (TPSA) is 75.1 Å². The third-order valence-corrected chi connectivity index (χ3v) is 3.64. The van der Waals surface area contributed by atoms with E-state index < -0.39 is 6.10 Å². The molecule has 6 nitrogen and oxygen atoms in total. The van der Waals surface area contributed by atoms with Gasteiger partial charge in [0.2, 0.25) is 0 Å². The molecule has 150 valence electrons. The van der Waals surface area contributed by atoms with Gasteiger partial charge >= 0.3 is 0 Å². The van der Waals surface area contributed by atoms with Crippen LogP contribution in [0.4, 0.5) is 0 Å². The Hall–Kier alpha value is -0.900. The SMILES string of the molecule is CCNC(=NCCCCOCCOC)NCCC(O)c1ccccc1.I. The standard InChI is InChI=1S/C19H33N3O3.HI/c1-3-20-19(21-12-7-8-14-25-16-15-24-2)22-13-11-18(23)17-9-5-4-6-10-17;/h4-6,9-10,18,23H,3,7-8,11-16H2,1-2H3,(H2,20,21,22);1H. The predicted molar refractivity (Wildman–Crippen MR) is 117 cm³/mol. The highest BCUT2D eigenvalue weighted by Crippen LogP contribution is 2.14. The van der Waals surface area contributed by atoms with Crippen LogP contribution in [0.5, 0.6) is 0 Å². The molecule has 0 bridgehead atoms. The molecule has 0 saturated carbocycles. The predicted octanol–water partition coefficient (Wildman–Crippen LogP) is 2.73. The quantitative estimate of drug-likeness (QED) is 0.176. The normalized spacial score (nSPS) is 12.3. The van der Waals surface area contributed by atoms with E-state index in [0.29, 0.717) is 26.2 Å². The third kappa shape index (κ3) is 12.5. The molecule has 0 spiro atoms. The molecule has 1 unspecified atom stereocenters. The summed E-state index contributed by atoms with van der Waals surface area (Å²) in [5.74, 6) is 0.795. The first-order valence-corrected chi connectivity index (χ1v) is 9.09. The monoisotopic (exact) mass is 479 g/mol. The fraction of sp³-hybridized carbons (Fsp3) is 0.632. The second-order valence-electron chi connectivity index (χ2n) is 5.71. The van der Waals surface area contributed by atoms with Gasteiger partial charge in [-0.1, -0.05) is 30.3 Å². The van der Waals surface area contributed by atoms with Crippen LogP contribution < -0.4 is 10.6 Å². The minimum Gasteiger partial charge on any atom is -0.388 e. The van der Waals surface area contributed by atoms with Crippen molar-refractivity contribution < 1.29 is 14.6 Å². The summed E-state index contributed by atoms with van der Waals surface area (Å²) in [6.07, 6.45) is 2.15. The average molecular weight is 479 g/mol. The number of guanidine groups is 1. The summed E-state index contributed by atoms with van der Waals surface area (Å²) in [5, 5.41) is 16.7. The van der Waals surface area contributed by atoms with E-state index in [0.717, 1.165) is 44.1 Å². The number of nitrogens with one attached hydrogen (secondary N) is 2. The lowest BCUT2D eigenvalue weighted by Gasteiger charge is -2.14. The molecule has 1 aromatic rings. The molecule has 0 aliphatic rings. The highest BCUT2D eigenvalue weighted by molar-refractivity contribution is 14.0. The first-order valence-electron chi connectivity index (χ1n) is 9.09. The molecule has 1 atom stereocenters. The molecule has 0 aromatic heterocycles. The number of hydrogen-bond acceptors (Lipinski definition) is 4. The molecule has 1 rings (SSSR count). The Morgan fingerprint density at radius 3 is 2.58 bits per heavy atom. The lowest BCUT2D eigenvalue weighted by atomic mass is 10.1. The van der Waals surface area contributed by atoms with Gasteiger partial charge in [-0.25, -0.2) is 0 Å². The van der Waals surface area contributed by atoms with E-state index in [1.54, 1.807) is 7.11 Å². The molecule has 0 fully saturated rings. The fourth-order valence-electron chi connectivity index (χ4n) is 2.26. The summed E-state index contributed by atoms with van der Waals surface area (Å²) in [7, 11) is 1.67. The number of aliphatic imine (C=N–C) groups is 1. The maximum Gasteiger partial charge on any atom is 0.191 e. The number of ether oxygens (including phenoxy) is 2. The first kappa shape index (κ1) is 25.1. The fourth-order valence-corrected chi connectivity index (χ4v) is 2.26. The van der Waals surface area contributed by atoms with Crippen LogP contribution in [0.1, 0.15) is 37.9 Å². The van der Waals surface area contributed by atoms with Crippen LogP contribution in [0.3, 0.4) is 0 Å². The molecule has 26 heavy (non-hydrogen) atoms. The van der Waals surface area contributed by atoms with E-state index in [2.05, 4.69) is 15.6 Å². The maximum absolute atomic E-state index is 10.2. The van der Waals surface area contributed by atoms with E-state index >= 15 is 0 Å². The van der Waals surface area contributed by atoms with Crippen molar-refractivity contribution in [1.82, 2.24) is 10.6 Å². The molecule has 0 radical (unpaired) electrons. The van der Waals surface area contributed by atoms with Crippen molar-refractivity contribution in [3.8, 4) is 0 Å². The Morgan fingerprint density at radius 2 is 1.88 bits per heavy atom. The number of aliphatic hydroxyl groups excluding tert-OH is 1. The first-order chi connectivity index (χ1) is 12.3. The Balaban J connectivity index is 0.00000625. The summed E-state index contributed by atoms with van der Waals surface area (Å²) < 4.78 is 10.4. The van der Waals surface area contributed by atoms with Crippen molar-refractivity contribution in [2.75, 3.05) is 46.6 Å². The van der Waals surface area contributed by atoms with Crippen LogP contribution in [0, 0.1) is 0 Å². The number of aliphatic hydroxyl groups is 1. The van der Waals surface area contributed by atoms with Crippen LogP contribution in [0.2, 0.25) is 0 Å². The van der Waals surface area contributed by atoms with Crippen molar-refractivity contribution in [2.24, 2.45) is 4.99 Å². The van der Waals surface area contributed by atoms with Gasteiger partial charge in [0.25, 0.3) is 0 Å². The maximum atomic E-state index is 10.2. The van der Waals surface area contributed by atoms with E-state index in [-0.39, 0.29) is 24.0 Å². The number of halogens is 1. The lowest BCUT2D eigenvalue weighted by molar-refractivity contribution is 0.0690. The van der Waals surface area contributed by atoms with Crippen LogP contribution in [-0.2, 0) is 9.47 Å².